The molecule has 204 valence electrons. The third kappa shape index (κ3) is 6.17. The van der Waals surface area contributed by atoms with E-state index in [9.17, 15) is 9.18 Å². The number of urea groups is 1. The van der Waals surface area contributed by atoms with Gasteiger partial charge < -0.3 is 15.4 Å². The van der Waals surface area contributed by atoms with Gasteiger partial charge in [-0.15, -0.1) is 0 Å². The van der Waals surface area contributed by atoms with Crippen molar-refractivity contribution in [1.82, 2.24) is 19.7 Å². The van der Waals surface area contributed by atoms with Gasteiger partial charge in [0.15, 0.2) is 11.6 Å². The molecule has 3 heterocycles. The van der Waals surface area contributed by atoms with Crippen molar-refractivity contribution in [2.24, 2.45) is 0 Å². The van der Waals surface area contributed by atoms with E-state index in [0.717, 1.165) is 22.3 Å². The summed E-state index contributed by atoms with van der Waals surface area (Å²) < 4.78 is 22.3. The molecule has 9 nitrogen and oxygen atoms in total. The first-order valence-electron chi connectivity index (χ1n) is 13.0. The lowest BCUT2D eigenvalue weighted by Crippen LogP contribution is -2.21. The van der Waals surface area contributed by atoms with Crippen LogP contribution in [0, 0.1) is 5.82 Å². The Morgan fingerprint density at radius 2 is 1.77 bits per heavy atom. The maximum absolute atomic E-state index is 14.9. The average molecular weight is 540 g/mol. The molecule has 0 aliphatic carbocycles. The number of hydrogen-bond donors (Lipinski definition) is 3. The van der Waals surface area contributed by atoms with Crippen LogP contribution in [0.15, 0.2) is 79.1 Å². The molecule has 0 spiro atoms. The number of anilines is 3. The smallest absolute Gasteiger partial charge is 0.324 e. The number of benzene rings is 2. The summed E-state index contributed by atoms with van der Waals surface area (Å²) in [5.74, 6) is 1.10. The van der Waals surface area contributed by atoms with Crippen molar-refractivity contribution in [3.63, 3.8) is 0 Å². The van der Waals surface area contributed by atoms with Gasteiger partial charge in [-0.2, -0.15) is 5.10 Å². The highest BCUT2D eigenvalue weighted by atomic mass is 19.1. The Morgan fingerprint density at radius 1 is 0.925 bits per heavy atom. The van der Waals surface area contributed by atoms with Crippen LogP contribution in [0.5, 0.6) is 11.5 Å². The molecule has 2 amide bonds. The number of nitrogens with one attached hydrogen (secondary N) is 3. The van der Waals surface area contributed by atoms with E-state index in [1.54, 1.807) is 35.3 Å². The number of amides is 2. The number of carbonyl (C=O) groups is 1. The lowest BCUT2D eigenvalue weighted by atomic mass is 10.1. The number of halogens is 1. The van der Waals surface area contributed by atoms with E-state index in [2.05, 4.69) is 25.9 Å². The highest BCUT2D eigenvalue weighted by molar-refractivity contribution is 5.99. The predicted molar refractivity (Wildman–Crippen MR) is 155 cm³/mol. The van der Waals surface area contributed by atoms with Gasteiger partial charge in [-0.1, -0.05) is 19.9 Å². The summed E-state index contributed by atoms with van der Waals surface area (Å²) in [4.78, 5) is 21.5. The molecular weight excluding hydrogens is 509 g/mol. The minimum atomic E-state index is -0.620. The van der Waals surface area contributed by atoms with Crippen molar-refractivity contribution in [1.29, 1.82) is 0 Å². The number of nitrogens with zero attached hydrogens (tertiary/aromatic N) is 4. The Kier molecular flexibility index (Phi) is 7.59. The molecule has 0 saturated carbocycles. The summed E-state index contributed by atoms with van der Waals surface area (Å²) in [5.41, 5.74) is 2.72. The maximum Gasteiger partial charge on any atom is 0.324 e. The van der Waals surface area contributed by atoms with Crippen LogP contribution >= 0.6 is 0 Å². The number of fused-ring (bicyclic) bond motifs is 1. The van der Waals surface area contributed by atoms with Gasteiger partial charge in [0.1, 0.15) is 17.4 Å². The number of aromatic nitrogens is 4. The van der Waals surface area contributed by atoms with Gasteiger partial charge in [-0.3, -0.25) is 10.3 Å². The third-order valence-electron chi connectivity index (χ3n) is 5.98. The molecular formula is C30H30FN7O2. The summed E-state index contributed by atoms with van der Waals surface area (Å²) in [6.07, 6.45) is 3.33. The van der Waals surface area contributed by atoms with Crippen LogP contribution in [0.2, 0.25) is 0 Å². The lowest BCUT2D eigenvalue weighted by molar-refractivity contribution is 0.262. The maximum atomic E-state index is 14.9. The number of pyridine rings is 2. The van der Waals surface area contributed by atoms with Gasteiger partial charge in [0.05, 0.1) is 16.9 Å². The zero-order valence-corrected chi connectivity index (χ0v) is 22.6. The standard InChI is InChI=1S/C30H30FN7O2/c1-18(2)26-17-29(38(37-26)22-8-9-25-20(14-22)6-5-12-32-25)36-30(39)35-21-7-10-27(24(31)15-21)40-23-11-13-33-28(16-23)34-19(3)4/h5-19H,1-4H3,(H,33,34)(H2,35,36,39). The molecule has 40 heavy (non-hydrogen) atoms. The van der Waals surface area contributed by atoms with Crippen molar-refractivity contribution in [3.05, 3.63) is 90.6 Å². The van der Waals surface area contributed by atoms with Crippen molar-refractivity contribution in [3.8, 4) is 17.2 Å². The van der Waals surface area contributed by atoms with E-state index < -0.39 is 11.8 Å². The van der Waals surface area contributed by atoms with Crippen LogP contribution in [0.3, 0.4) is 0 Å². The molecule has 10 heteroatoms. The van der Waals surface area contributed by atoms with Crippen LogP contribution in [0.4, 0.5) is 26.5 Å². The minimum absolute atomic E-state index is 0.0260. The van der Waals surface area contributed by atoms with Crippen molar-refractivity contribution in [2.75, 3.05) is 16.0 Å². The zero-order valence-electron chi connectivity index (χ0n) is 22.6. The van der Waals surface area contributed by atoms with Gasteiger partial charge in [-0.05, 0) is 62.2 Å². The Labute approximate surface area is 231 Å². The van der Waals surface area contributed by atoms with E-state index in [4.69, 9.17) is 9.84 Å². The van der Waals surface area contributed by atoms with Crippen LogP contribution in [0.1, 0.15) is 39.3 Å². The highest BCUT2D eigenvalue weighted by Gasteiger charge is 2.16. The monoisotopic (exact) mass is 539 g/mol. The van der Waals surface area contributed by atoms with Gasteiger partial charge in [0.25, 0.3) is 0 Å². The molecule has 2 aromatic carbocycles. The fraction of sp³-hybridized carbons (Fsp3) is 0.200. The summed E-state index contributed by atoms with van der Waals surface area (Å²) in [6.45, 7) is 8.05. The summed E-state index contributed by atoms with van der Waals surface area (Å²) in [6, 6.07) is 18.7. The second-order valence-corrected chi connectivity index (χ2v) is 9.90. The first kappa shape index (κ1) is 26.6. The van der Waals surface area contributed by atoms with Gasteiger partial charge in [0.2, 0.25) is 0 Å². The average Bonchev–Trinajstić information content (AvgIpc) is 3.34. The normalized spacial score (nSPS) is 11.2. The third-order valence-corrected chi connectivity index (χ3v) is 5.98. The lowest BCUT2D eigenvalue weighted by Gasteiger charge is -2.13. The predicted octanol–water partition coefficient (Wildman–Crippen LogP) is 7.33. The Balaban J connectivity index is 1.31. The molecule has 5 rings (SSSR count). The largest absolute Gasteiger partial charge is 0.454 e. The van der Waals surface area contributed by atoms with E-state index in [0.29, 0.717) is 17.4 Å². The van der Waals surface area contributed by atoms with E-state index in [1.165, 1.54) is 12.1 Å². The topological polar surface area (TPSA) is 106 Å². The molecule has 0 aliphatic rings. The van der Waals surface area contributed by atoms with Gasteiger partial charge in [-0.25, -0.2) is 18.9 Å². The summed E-state index contributed by atoms with van der Waals surface area (Å²) >= 11 is 0. The number of hydrogen-bond acceptors (Lipinski definition) is 6. The molecule has 0 atom stereocenters. The van der Waals surface area contributed by atoms with E-state index >= 15 is 0 Å². The van der Waals surface area contributed by atoms with Crippen LogP contribution in [0.25, 0.3) is 16.6 Å². The van der Waals surface area contributed by atoms with Crippen LogP contribution < -0.4 is 20.7 Å². The fourth-order valence-corrected chi connectivity index (χ4v) is 4.08. The molecule has 0 unspecified atom stereocenters. The quantitative estimate of drug-likeness (QED) is 0.191. The minimum Gasteiger partial charge on any atom is -0.454 e. The van der Waals surface area contributed by atoms with Crippen molar-refractivity contribution >= 4 is 34.3 Å². The van der Waals surface area contributed by atoms with Crippen LogP contribution in [-0.4, -0.2) is 31.8 Å². The highest BCUT2D eigenvalue weighted by Crippen LogP contribution is 2.28. The molecule has 0 aliphatic heterocycles. The molecule has 3 N–H and O–H groups in total. The first-order valence-corrected chi connectivity index (χ1v) is 13.0. The molecule has 5 aromatic rings. The van der Waals surface area contributed by atoms with Crippen LogP contribution in [-0.2, 0) is 0 Å². The number of ether oxygens (including phenoxy) is 1. The van der Waals surface area contributed by atoms with E-state index in [1.807, 2.05) is 64.1 Å². The summed E-state index contributed by atoms with van der Waals surface area (Å²) in [7, 11) is 0. The Bertz CT molecular complexity index is 1670. The second-order valence-electron chi connectivity index (χ2n) is 9.90. The van der Waals surface area contributed by atoms with Gasteiger partial charge in [0, 0.05) is 47.7 Å². The van der Waals surface area contributed by atoms with E-state index in [-0.39, 0.29) is 23.4 Å². The Morgan fingerprint density at radius 3 is 2.55 bits per heavy atom. The Hall–Kier alpha value is -4.99. The number of carbonyl (C=O) groups excluding carboxylic acids is 1. The van der Waals surface area contributed by atoms with Crippen molar-refractivity contribution in [2.45, 2.75) is 39.7 Å². The molecule has 3 aromatic heterocycles. The molecule has 0 saturated heterocycles. The van der Waals surface area contributed by atoms with Gasteiger partial charge >= 0.3 is 6.03 Å². The molecule has 0 radical (unpaired) electrons. The zero-order chi connectivity index (χ0) is 28.2. The fourth-order valence-electron chi connectivity index (χ4n) is 4.08. The van der Waals surface area contributed by atoms with Crippen molar-refractivity contribution < 1.29 is 13.9 Å². The molecule has 0 bridgehead atoms. The first-order chi connectivity index (χ1) is 19.2. The molecule has 0 fully saturated rings. The second kappa shape index (κ2) is 11.4. The number of rotatable bonds is 8. The summed E-state index contributed by atoms with van der Waals surface area (Å²) in [5, 5.41) is 14.4. The SMILES string of the molecule is CC(C)Nc1cc(Oc2ccc(NC(=O)Nc3cc(C(C)C)nn3-c3ccc4ncccc4c3)cc2F)ccn1.